The Morgan fingerprint density at radius 1 is 1.14 bits per heavy atom. The number of ether oxygens (including phenoxy) is 2. The van der Waals surface area contributed by atoms with Gasteiger partial charge in [0.15, 0.2) is 0 Å². The van der Waals surface area contributed by atoms with Crippen LogP contribution in [0.1, 0.15) is 12.8 Å². The molecule has 0 N–H and O–H groups in total. The van der Waals surface area contributed by atoms with E-state index in [2.05, 4.69) is 28.1 Å². The monoisotopic (exact) mass is 478 g/mol. The quantitative estimate of drug-likeness (QED) is 0.633. The predicted octanol–water partition coefficient (Wildman–Crippen LogP) is 3.16. The van der Waals surface area contributed by atoms with E-state index in [1.807, 2.05) is 18.3 Å². The molecule has 120 valence electrons. The molecule has 4 nitrogen and oxygen atoms in total. The largest absolute Gasteiger partial charge is 0.540 e. The van der Waals surface area contributed by atoms with Crippen LogP contribution in [0.5, 0.6) is 11.5 Å². The van der Waals surface area contributed by atoms with Gasteiger partial charge in [-0.3, -0.25) is 0 Å². The number of methoxy groups -OCH3 is 2. The van der Waals surface area contributed by atoms with Gasteiger partial charge in [-0.1, -0.05) is 17.7 Å². The smallest absolute Gasteiger partial charge is 0.0647 e. The molecule has 0 amide bonds. The number of benzene rings is 1. The van der Waals surface area contributed by atoms with Crippen molar-refractivity contribution in [2.75, 3.05) is 32.2 Å². The van der Waals surface area contributed by atoms with Gasteiger partial charge < -0.3 is 19.4 Å². The van der Waals surface area contributed by atoms with Crippen LogP contribution in [0.15, 0.2) is 30.5 Å². The first-order valence-corrected chi connectivity index (χ1v) is 7.17. The fraction of sp³-hybridized carbons (Fsp3) is 0.353. The van der Waals surface area contributed by atoms with E-state index in [1.165, 1.54) is 18.5 Å². The Bertz CT molecular complexity index is 628. The molecule has 0 aliphatic carbocycles. The summed E-state index contributed by atoms with van der Waals surface area (Å²) in [5, 5.41) is 0. The zero-order chi connectivity index (χ0) is 14.7. The topological polar surface area (TPSA) is 34.6 Å². The fourth-order valence-corrected chi connectivity index (χ4v) is 2.66. The molecule has 3 rings (SSSR count). The maximum Gasteiger partial charge on any atom is 0.0647 e. The van der Waals surface area contributed by atoms with Gasteiger partial charge in [-0.05, 0) is 24.6 Å². The minimum absolute atomic E-state index is 0. The number of rotatable bonds is 4. The van der Waals surface area contributed by atoms with Gasteiger partial charge in [0.25, 0.3) is 0 Å². The van der Waals surface area contributed by atoms with E-state index in [9.17, 15) is 0 Å². The normalized spacial score (nSPS) is 13.6. The van der Waals surface area contributed by atoms with Crippen molar-refractivity contribution in [3.63, 3.8) is 0 Å². The number of hydrogen-bond acceptors (Lipinski definition) is 4. The fourth-order valence-electron chi connectivity index (χ4n) is 2.66. The van der Waals surface area contributed by atoms with Crippen molar-refractivity contribution in [1.82, 2.24) is 4.98 Å². The average molecular weight is 478 g/mol. The summed E-state index contributed by atoms with van der Waals surface area (Å²) in [4.78, 5) is 6.86. The molecular weight excluding hydrogens is 459 g/mol. The van der Waals surface area contributed by atoms with Crippen LogP contribution >= 0.6 is 0 Å². The van der Waals surface area contributed by atoms with Crippen molar-refractivity contribution in [3.8, 4) is 22.8 Å². The second-order valence-electron chi connectivity index (χ2n) is 5.08. The van der Waals surface area contributed by atoms with E-state index in [4.69, 9.17) is 9.47 Å². The zero-order valence-corrected chi connectivity index (χ0v) is 15.0. The third-order valence-corrected chi connectivity index (χ3v) is 3.81. The maximum atomic E-state index is 5.44. The molecule has 0 bridgehead atoms. The van der Waals surface area contributed by atoms with Crippen LogP contribution in [0.3, 0.4) is 0 Å². The van der Waals surface area contributed by atoms with Crippen molar-refractivity contribution in [2.24, 2.45) is 0 Å². The number of nitrogens with zero attached hydrogens (tertiary/aromatic N) is 2. The summed E-state index contributed by atoms with van der Waals surface area (Å²) in [6.07, 6.45) is 4.37. The Hall–Kier alpha value is -1.54. The van der Waals surface area contributed by atoms with Gasteiger partial charge in [-0.25, -0.2) is 0 Å². The molecule has 0 radical (unpaired) electrons. The molecule has 1 aliphatic rings. The van der Waals surface area contributed by atoms with Gasteiger partial charge in [0, 0.05) is 57.5 Å². The molecule has 1 fully saturated rings. The summed E-state index contributed by atoms with van der Waals surface area (Å²) in [5.41, 5.74) is 2.95. The van der Waals surface area contributed by atoms with Gasteiger partial charge >= 0.3 is 0 Å². The van der Waals surface area contributed by atoms with Crippen LogP contribution in [0, 0.1) is 6.07 Å². The molecular formula is C17H19N2O2Pt-. The van der Waals surface area contributed by atoms with E-state index in [0.29, 0.717) is 0 Å². The van der Waals surface area contributed by atoms with Crippen LogP contribution in [0.4, 0.5) is 5.69 Å². The summed E-state index contributed by atoms with van der Waals surface area (Å²) in [5.74, 6) is 1.45. The number of hydrogen-bond donors (Lipinski definition) is 0. The Morgan fingerprint density at radius 2 is 1.91 bits per heavy atom. The van der Waals surface area contributed by atoms with E-state index in [1.54, 1.807) is 14.2 Å². The average Bonchev–Trinajstić information content (AvgIpc) is 3.09. The van der Waals surface area contributed by atoms with Gasteiger partial charge in [-0.15, -0.1) is 12.1 Å². The Labute approximate surface area is 145 Å². The Morgan fingerprint density at radius 3 is 2.59 bits per heavy atom. The second-order valence-corrected chi connectivity index (χ2v) is 5.08. The van der Waals surface area contributed by atoms with Crippen LogP contribution in [-0.4, -0.2) is 32.3 Å². The van der Waals surface area contributed by atoms with Crippen LogP contribution in [0.2, 0.25) is 0 Å². The molecule has 1 aromatic heterocycles. The van der Waals surface area contributed by atoms with Gasteiger partial charge in [0.1, 0.15) is 0 Å². The van der Waals surface area contributed by atoms with Gasteiger partial charge in [0.2, 0.25) is 0 Å². The van der Waals surface area contributed by atoms with Crippen molar-refractivity contribution >= 4 is 5.69 Å². The summed E-state index contributed by atoms with van der Waals surface area (Å²) in [7, 11) is 3.28. The molecule has 0 atom stereocenters. The molecule has 0 saturated carbocycles. The molecule has 1 aromatic carbocycles. The van der Waals surface area contributed by atoms with Crippen molar-refractivity contribution in [2.45, 2.75) is 12.8 Å². The predicted molar refractivity (Wildman–Crippen MR) is 83.1 cm³/mol. The number of pyridine rings is 1. The molecule has 0 spiro atoms. The van der Waals surface area contributed by atoms with E-state index in [-0.39, 0.29) is 21.1 Å². The molecule has 2 heterocycles. The van der Waals surface area contributed by atoms with Crippen molar-refractivity contribution in [1.29, 1.82) is 0 Å². The Balaban J connectivity index is 0.00000176. The first-order chi connectivity index (χ1) is 10.3. The molecule has 1 saturated heterocycles. The van der Waals surface area contributed by atoms with E-state index in [0.717, 1.165) is 35.8 Å². The molecule has 22 heavy (non-hydrogen) atoms. The summed E-state index contributed by atoms with van der Waals surface area (Å²) >= 11 is 0. The van der Waals surface area contributed by atoms with Crippen molar-refractivity contribution in [3.05, 3.63) is 36.5 Å². The van der Waals surface area contributed by atoms with Gasteiger partial charge in [-0.2, -0.15) is 0 Å². The standard InChI is InChI=1S/C17H19N2O2.Pt/c1-20-14-5-6-15(17(12-14)21-2)16-11-13(7-8-18-16)19-9-3-4-10-19;/h5,7-8,11-12H,3-4,9-10H2,1-2H3;/q-1;. The summed E-state index contributed by atoms with van der Waals surface area (Å²) < 4.78 is 10.7. The third-order valence-electron chi connectivity index (χ3n) is 3.81. The SMILES string of the molecule is COc1c[c-]c(-c2cc(N3CCCC3)ccn2)c(OC)c1.[Pt]. The van der Waals surface area contributed by atoms with Gasteiger partial charge in [0.05, 0.1) is 14.2 Å². The summed E-state index contributed by atoms with van der Waals surface area (Å²) in [6.45, 7) is 2.24. The van der Waals surface area contributed by atoms with E-state index < -0.39 is 0 Å². The molecule has 0 unspecified atom stereocenters. The van der Waals surface area contributed by atoms with Crippen LogP contribution < -0.4 is 14.4 Å². The molecule has 5 heteroatoms. The third kappa shape index (κ3) is 3.44. The maximum absolute atomic E-state index is 5.44. The minimum Gasteiger partial charge on any atom is -0.540 e. The Kier molecular flexibility index (Phi) is 5.84. The molecule has 1 aliphatic heterocycles. The van der Waals surface area contributed by atoms with E-state index >= 15 is 0 Å². The first-order valence-electron chi connectivity index (χ1n) is 7.17. The number of aromatic nitrogens is 1. The molecule has 2 aromatic rings. The first kappa shape index (κ1) is 16.8. The zero-order valence-electron chi connectivity index (χ0n) is 12.7. The minimum atomic E-state index is 0. The number of anilines is 1. The summed E-state index contributed by atoms with van der Waals surface area (Å²) in [6, 6.07) is 11.0. The van der Waals surface area contributed by atoms with Crippen molar-refractivity contribution < 1.29 is 30.5 Å². The van der Waals surface area contributed by atoms with Crippen LogP contribution in [-0.2, 0) is 21.1 Å². The second kappa shape index (κ2) is 7.64. The van der Waals surface area contributed by atoms with Crippen LogP contribution in [0.25, 0.3) is 11.3 Å².